The molecule has 0 fully saturated rings. The summed E-state index contributed by atoms with van der Waals surface area (Å²) in [5.74, 6) is -1.54. The third-order valence-electron chi connectivity index (χ3n) is 2.54. The molecule has 1 rings (SSSR count). The van der Waals surface area contributed by atoms with Crippen LogP contribution in [-0.4, -0.2) is 24.7 Å². The lowest BCUT2D eigenvalue weighted by Crippen LogP contribution is -2.28. The number of aliphatic carboxylic acids is 1. The lowest BCUT2D eigenvalue weighted by atomic mass is 10.1. The summed E-state index contributed by atoms with van der Waals surface area (Å²) in [6, 6.07) is 5.47. The van der Waals surface area contributed by atoms with E-state index in [9.17, 15) is 13.2 Å². The lowest BCUT2D eigenvalue weighted by Gasteiger charge is -2.09. The molecule has 0 saturated heterocycles. The third kappa shape index (κ3) is 3.56. The molecule has 0 amide bonds. The Morgan fingerprint density at radius 2 is 1.71 bits per heavy atom. The van der Waals surface area contributed by atoms with Crippen molar-refractivity contribution in [2.45, 2.75) is 31.8 Å². The largest absolute Gasteiger partial charge is 0.480 e. The smallest absolute Gasteiger partial charge is 0.321 e. The highest BCUT2D eigenvalue weighted by Crippen LogP contribution is 2.15. The van der Waals surface area contributed by atoms with E-state index in [2.05, 4.69) is 0 Å². The average Bonchev–Trinajstić information content (AvgIpc) is 2.13. The number of aryl methyl sites for hydroxylation is 2. The summed E-state index contributed by atoms with van der Waals surface area (Å²) in [7, 11) is -3.65. The van der Waals surface area contributed by atoms with Gasteiger partial charge in [-0.25, -0.2) is 8.42 Å². The Bertz CT molecular complexity index is 511. The van der Waals surface area contributed by atoms with E-state index in [0.29, 0.717) is 5.56 Å². The fourth-order valence-electron chi connectivity index (χ4n) is 1.66. The second-order valence-electron chi connectivity index (χ2n) is 4.28. The van der Waals surface area contributed by atoms with Gasteiger partial charge in [0.25, 0.3) is 0 Å². The van der Waals surface area contributed by atoms with Gasteiger partial charge >= 0.3 is 5.97 Å². The Morgan fingerprint density at radius 3 is 2.12 bits per heavy atom. The Hall–Kier alpha value is -1.36. The molecular formula is C12H16O4S. The van der Waals surface area contributed by atoms with E-state index in [4.69, 9.17) is 5.11 Å². The lowest BCUT2D eigenvalue weighted by molar-refractivity contribution is -0.136. The van der Waals surface area contributed by atoms with Crippen LogP contribution in [0.4, 0.5) is 0 Å². The molecule has 5 heteroatoms. The maximum absolute atomic E-state index is 11.8. The molecule has 0 aliphatic rings. The Balaban J connectivity index is 3.02. The monoisotopic (exact) mass is 256 g/mol. The summed E-state index contributed by atoms with van der Waals surface area (Å²) < 4.78 is 23.6. The number of hydrogen-bond acceptors (Lipinski definition) is 3. The first kappa shape index (κ1) is 13.7. The van der Waals surface area contributed by atoms with Crippen LogP contribution in [0.5, 0.6) is 0 Å². The minimum absolute atomic E-state index is 0.233. The van der Waals surface area contributed by atoms with Crippen LogP contribution in [0.3, 0.4) is 0 Å². The van der Waals surface area contributed by atoms with E-state index in [0.717, 1.165) is 11.1 Å². The Morgan fingerprint density at radius 1 is 1.24 bits per heavy atom. The maximum Gasteiger partial charge on any atom is 0.321 e. The first-order valence-corrected chi connectivity index (χ1v) is 6.95. The zero-order valence-electron chi connectivity index (χ0n) is 10.1. The van der Waals surface area contributed by atoms with Crippen LogP contribution in [-0.2, 0) is 20.4 Å². The fraction of sp³-hybridized carbons (Fsp3) is 0.417. The van der Waals surface area contributed by atoms with E-state index in [1.165, 1.54) is 6.92 Å². The van der Waals surface area contributed by atoms with Gasteiger partial charge < -0.3 is 5.11 Å². The Kier molecular flexibility index (Phi) is 3.93. The van der Waals surface area contributed by atoms with Gasteiger partial charge in [0.2, 0.25) is 0 Å². The van der Waals surface area contributed by atoms with E-state index in [1.54, 1.807) is 12.1 Å². The van der Waals surface area contributed by atoms with E-state index >= 15 is 0 Å². The van der Waals surface area contributed by atoms with Crippen molar-refractivity contribution in [1.29, 1.82) is 0 Å². The molecule has 0 aliphatic heterocycles. The highest BCUT2D eigenvalue weighted by atomic mass is 32.2. The highest BCUT2D eigenvalue weighted by molar-refractivity contribution is 7.91. The van der Waals surface area contributed by atoms with Crippen molar-refractivity contribution in [2.24, 2.45) is 0 Å². The Labute approximate surface area is 101 Å². The predicted molar refractivity (Wildman–Crippen MR) is 65.6 cm³/mol. The van der Waals surface area contributed by atoms with Crippen LogP contribution in [0.1, 0.15) is 23.6 Å². The van der Waals surface area contributed by atoms with Crippen LogP contribution in [0.2, 0.25) is 0 Å². The molecule has 1 unspecified atom stereocenters. The van der Waals surface area contributed by atoms with Gasteiger partial charge in [-0.05, 0) is 26.3 Å². The zero-order chi connectivity index (χ0) is 13.2. The van der Waals surface area contributed by atoms with Crippen LogP contribution in [0.15, 0.2) is 18.2 Å². The van der Waals surface area contributed by atoms with Gasteiger partial charge in [0.1, 0.15) is 0 Å². The SMILES string of the molecule is Cc1cc(C)cc(CS(=O)(=O)C(C)C(=O)O)c1. The molecule has 1 atom stereocenters. The molecule has 1 aromatic rings. The third-order valence-corrected chi connectivity index (χ3v) is 4.55. The summed E-state index contributed by atoms with van der Waals surface area (Å²) >= 11 is 0. The molecule has 17 heavy (non-hydrogen) atoms. The van der Waals surface area contributed by atoms with Crippen molar-refractivity contribution < 1.29 is 18.3 Å². The molecule has 0 aromatic heterocycles. The molecule has 94 valence electrons. The van der Waals surface area contributed by atoms with Crippen LogP contribution in [0, 0.1) is 13.8 Å². The normalized spacial score (nSPS) is 13.4. The molecule has 0 radical (unpaired) electrons. The van der Waals surface area contributed by atoms with Crippen molar-refractivity contribution in [3.8, 4) is 0 Å². The van der Waals surface area contributed by atoms with Gasteiger partial charge in [-0.2, -0.15) is 0 Å². The quantitative estimate of drug-likeness (QED) is 0.889. The van der Waals surface area contributed by atoms with Crippen molar-refractivity contribution in [3.63, 3.8) is 0 Å². The number of carbonyl (C=O) groups is 1. The first-order chi connectivity index (χ1) is 7.72. The zero-order valence-corrected chi connectivity index (χ0v) is 10.9. The fourth-order valence-corrected chi connectivity index (χ4v) is 2.85. The van der Waals surface area contributed by atoms with Gasteiger partial charge in [-0.3, -0.25) is 4.79 Å². The molecule has 4 nitrogen and oxygen atoms in total. The predicted octanol–water partition coefficient (Wildman–Crippen LogP) is 1.69. The van der Waals surface area contributed by atoms with Gasteiger partial charge in [0, 0.05) is 0 Å². The van der Waals surface area contributed by atoms with E-state index in [-0.39, 0.29) is 5.75 Å². The van der Waals surface area contributed by atoms with Crippen molar-refractivity contribution >= 4 is 15.8 Å². The molecule has 0 heterocycles. The molecular weight excluding hydrogens is 240 g/mol. The van der Waals surface area contributed by atoms with Crippen molar-refractivity contribution in [2.75, 3.05) is 0 Å². The standard InChI is InChI=1S/C12H16O4S/c1-8-4-9(2)6-11(5-8)7-17(15,16)10(3)12(13)14/h4-6,10H,7H2,1-3H3,(H,13,14). The first-order valence-electron chi connectivity index (χ1n) is 5.24. The summed E-state index contributed by atoms with van der Waals surface area (Å²) in [6.07, 6.45) is 0. The maximum atomic E-state index is 11.8. The van der Waals surface area contributed by atoms with Crippen LogP contribution >= 0.6 is 0 Å². The molecule has 0 saturated carbocycles. The van der Waals surface area contributed by atoms with Gasteiger partial charge in [0.15, 0.2) is 15.1 Å². The van der Waals surface area contributed by atoms with E-state index < -0.39 is 21.1 Å². The molecule has 0 spiro atoms. The van der Waals surface area contributed by atoms with Gasteiger partial charge in [-0.15, -0.1) is 0 Å². The number of hydrogen-bond donors (Lipinski definition) is 1. The van der Waals surface area contributed by atoms with Crippen molar-refractivity contribution in [3.05, 3.63) is 34.9 Å². The number of sulfone groups is 1. The molecule has 0 bridgehead atoms. The minimum atomic E-state index is -3.65. The second-order valence-corrected chi connectivity index (χ2v) is 6.61. The minimum Gasteiger partial charge on any atom is -0.480 e. The molecule has 1 aromatic carbocycles. The summed E-state index contributed by atoms with van der Waals surface area (Å²) in [5.41, 5.74) is 2.58. The number of carboxylic acids is 1. The average molecular weight is 256 g/mol. The van der Waals surface area contributed by atoms with Crippen LogP contribution < -0.4 is 0 Å². The topological polar surface area (TPSA) is 71.4 Å². The van der Waals surface area contributed by atoms with Gasteiger partial charge in [-0.1, -0.05) is 29.3 Å². The second kappa shape index (κ2) is 4.87. The summed E-state index contributed by atoms with van der Waals surface area (Å²) in [5, 5.41) is 7.35. The number of benzene rings is 1. The molecule has 0 aliphatic carbocycles. The highest BCUT2D eigenvalue weighted by Gasteiger charge is 2.27. The molecule has 1 N–H and O–H groups in total. The number of rotatable bonds is 4. The summed E-state index contributed by atoms with van der Waals surface area (Å²) in [4.78, 5) is 10.7. The van der Waals surface area contributed by atoms with Crippen LogP contribution in [0.25, 0.3) is 0 Å². The summed E-state index contributed by atoms with van der Waals surface area (Å²) in [6.45, 7) is 4.95. The number of carboxylic acid groups (broad SMARTS) is 1. The van der Waals surface area contributed by atoms with Crippen molar-refractivity contribution in [1.82, 2.24) is 0 Å². The van der Waals surface area contributed by atoms with E-state index in [1.807, 2.05) is 19.9 Å². The van der Waals surface area contributed by atoms with Gasteiger partial charge in [0.05, 0.1) is 5.75 Å².